The zero-order chi connectivity index (χ0) is 40.7. The number of para-hydroxylation sites is 1. The predicted molar refractivity (Wildman–Crippen MR) is 210 cm³/mol. The molecule has 0 amide bonds. The fourth-order valence-electron chi connectivity index (χ4n) is 8.07. The van der Waals surface area contributed by atoms with E-state index in [4.69, 9.17) is 0 Å². The van der Waals surface area contributed by atoms with Crippen LogP contribution in [0.5, 0.6) is 0 Å². The maximum atomic E-state index is 16.3. The lowest BCUT2D eigenvalue weighted by Crippen LogP contribution is -2.24. The van der Waals surface area contributed by atoms with Gasteiger partial charge in [0, 0.05) is 51.7 Å². The molecule has 1 N–H and O–H groups in total. The zero-order valence-electron chi connectivity index (χ0n) is 30.1. The average molecular weight is 801 g/mol. The number of aromatic nitrogens is 4. The standard InChI is InChI=1S/C45H24F8N6/c46-38-36(39(47)41(49)42(50)40(38)48)25-21-34(58-30-9-3-1-7-26(30)28-13-11-23(19-32(28)58)43-54-15-5-16-55-43)37(45(51,52)53)35(22-25)59-31-10-4-2-8-27(31)29-14-12-24(20-33(29)59)44-56-17-6-18-57-44/h1-7,9-22,56H,8H2. The van der Waals surface area contributed by atoms with Gasteiger partial charge in [0.05, 0.1) is 38.8 Å². The Bertz CT molecular complexity index is 3290. The van der Waals surface area contributed by atoms with Gasteiger partial charge in [-0.1, -0.05) is 54.6 Å². The summed E-state index contributed by atoms with van der Waals surface area (Å²) in [6.45, 7) is 0. The van der Waals surface area contributed by atoms with Crippen LogP contribution < -0.4 is 15.9 Å². The molecular weight excluding hydrogens is 777 g/mol. The highest BCUT2D eigenvalue weighted by Crippen LogP contribution is 2.46. The lowest BCUT2D eigenvalue weighted by molar-refractivity contribution is -0.137. The van der Waals surface area contributed by atoms with E-state index in [1.807, 2.05) is 6.08 Å². The van der Waals surface area contributed by atoms with Gasteiger partial charge in [0.25, 0.3) is 0 Å². The first-order valence-corrected chi connectivity index (χ1v) is 18.1. The minimum Gasteiger partial charge on any atom is -0.346 e. The van der Waals surface area contributed by atoms with Gasteiger partial charge < -0.3 is 14.5 Å². The van der Waals surface area contributed by atoms with Crippen LogP contribution in [0.4, 0.5) is 35.1 Å². The van der Waals surface area contributed by atoms with E-state index in [1.165, 1.54) is 21.5 Å². The molecule has 0 radical (unpaired) electrons. The average Bonchev–Trinajstić information content (AvgIpc) is 3.77. The molecule has 0 unspecified atom stereocenters. The topological polar surface area (TPSA) is 60.0 Å². The van der Waals surface area contributed by atoms with Gasteiger partial charge in [0.2, 0.25) is 5.82 Å². The number of rotatable bonds is 4. The Morgan fingerprint density at radius 1 is 0.627 bits per heavy atom. The zero-order valence-corrected chi connectivity index (χ0v) is 30.1. The molecule has 1 aliphatic heterocycles. The normalized spacial score (nSPS) is 14.6. The van der Waals surface area contributed by atoms with Gasteiger partial charge >= 0.3 is 6.18 Å². The van der Waals surface area contributed by atoms with Crippen LogP contribution in [0.1, 0.15) is 11.1 Å². The largest absolute Gasteiger partial charge is 0.420 e. The fraction of sp³-hybridized carbons (Fsp3) is 0.0444. The highest BCUT2D eigenvalue weighted by atomic mass is 19.4. The molecule has 10 rings (SSSR count). The number of hydrogen-bond acceptors (Lipinski definition) is 4. The summed E-state index contributed by atoms with van der Waals surface area (Å²) in [5, 5.41) is 5.46. The molecule has 0 saturated heterocycles. The van der Waals surface area contributed by atoms with Crippen LogP contribution in [-0.2, 0) is 12.6 Å². The molecule has 0 fully saturated rings. The Morgan fingerprint density at radius 3 is 2.03 bits per heavy atom. The van der Waals surface area contributed by atoms with Gasteiger partial charge in [-0.25, -0.2) is 36.9 Å². The highest BCUT2D eigenvalue weighted by molar-refractivity contribution is 6.10. The molecule has 0 bridgehead atoms. The van der Waals surface area contributed by atoms with Gasteiger partial charge in [0.15, 0.2) is 29.1 Å². The number of nitrogens with zero attached hydrogens (tertiary/aromatic N) is 5. The van der Waals surface area contributed by atoms with Crippen molar-refractivity contribution >= 4 is 50.8 Å². The minimum atomic E-state index is -5.18. The number of nitrogens with one attached hydrogen (secondary N) is 1. The number of alkyl halides is 3. The van der Waals surface area contributed by atoms with E-state index in [0.717, 1.165) is 12.1 Å². The van der Waals surface area contributed by atoms with Crippen molar-refractivity contribution in [3.05, 3.63) is 166 Å². The molecule has 1 aliphatic carbocycles. The SMILES string of the molecule is Fc1c(F)c(F)c(-c2cc(-n3c4c(c5ccc(=C6N=CC=CN6)cc53)CC=CC=4)c(C(F)(F)F)c(-n3c4ccccc4c4ccc(-c5ncccn5)cc43)c2)c(F)c1F. The van der Waals surface area contributed by atoms with E-state index in [0.29, 0.717) is 50.1 Å². The third-order valence-electron chi connectivity index (χ3n) is 10.6. The quantitative estimate of drug-likeness (QED) is 0.110. The summed E-state index contributed by atoms with van der Waals surface area (Å²) in [5.74, 6) is -10.6. The second kappa shape index (κ2) is 13.4. The molecule has 6 nitrogen and oxygen atoms in total. The summed E-state index contributed by atoms with van der Waals surface area (Å²) in [5.41, 5.74) is -2.74. The predicted octanol–water partition coefficient (Wildman–Crippen LogP) is 9.71. The lowest BCUT2D eigenvalue weighted by Gasteiger charge is -2.23. The maximum Gasteiger partial charge on any atom is 0.420 e. The van der Waals surface area contributed by atoms with E-state index < -0.39 is 63.3 Å². The third-order valence-corrected chi connectivity index (χ3v) is 10.6. The number of halogens is 8. The van der Waals surface area contributed by atoms with Crippen molar-refractivity contribution in [3.8, 4) is 33.9 Å². The molecular formula is C45H24F8N6. The van der Waals surface area contributed by atoms with Gasteiger partial charge in [-0.05, 0) is 66.1 Å². The third kappa shape index (κ3) is 5.57. The fourth-order valence-corrected chi connectivity index (χ4v) is 8.07. The van der Waals surface area contributed by atoms with Gasteiger partial charge in [0.1, 0.15) is 11.4 Å². The first-order chi connectivity index (χ1) is 28.5. The molecule has 5 aromatic carbocycles. The summed E-state index contributed by atoms with van der Waals surface area (Å²) >= 11 is 0. The number of fused-ring (bicyclic) bond motifs is 6. The number of aliphatic imine (C=N–C) groups is 1. The molecule has 8 aromatic rings. The minimum absolute atomic E-state index is 0.226. The second-order valence-electron chi connectivity index (χ2n) is 13.8. The molecule has 59 heavy (non-hydrogen) atoms. The van der Waals surface area contributed by atoms with Crippen LogP contribution in [0, 0.1) is 29.1 Å². The molecule has 14 heteroatoms. The molecule has 0 spiro atoms. The summed E-state index contributed by atoms with van der Waals surface area (Å²) in [6.07, 6.45) is 8.12. The van der Waals surface area contributed by atoms with Crippen molar-refractivity contribution in [1.82, 2.24) is 24.4 Å². The monoisotopic (exact) mass is 800 g/mol. The van der Waals surface area contributed by atoms with Crippen molar-refractivity contribution in [2.75, 3.05) is 0 Å². The van der Waals surface area contributed by atoms with Gasteiger partial charge in [-0.2, -0.15) is 13.2 Å². The Balaban J connectivity index is 1.42. The van der Waals surface area contributed by atoms with E-state index in [-0.39, 0.29) is 22.4 Å². The van der Waals surface area contributed by atoms with E-state index in [9.17, 15) is 4.39 Å². The molecule has 4 heterocycles. The van der Waals surface area contributed by atoms with Crippen molar-refractivity contribution in [2.24, 2.45) is 4.99 Å². The number of benzene rings is 5. The van der Waals surface area contributed by atoms with Crippen LogP contribution in [0.15, 0.2) is 121 Å². The Hall–Kier alpha value is -7.35. The van der Waals surface area contributed by atoms with Crippen LogP contribution in [0.25, 0.3) is 78.5 Å². The van der Waals surface area contributed by atoms with Crippen molar-refractivity contribution in [3.63, 3.8) is 0 Å². The van der Waals surface area contributed by atoms with Crippen LogP contribution in [0.2, 0.25) is 0 Å². The van der Waals surface area contributed by atoms with Crippen molar-refractivity contribution in [2.45, 2.75) is 12.6 Å². The van der Waals surface area contributed by atoms with Crippen molar-refractivity contribution < 1.29 is 35.1 Å². The maximum absolute atomic E-state index is 16.3. The summed E-state index contributed by atoms with van der Waals surface area (Å²) in [4.78, 5) is 13.0. The van der Waals surface area contributed by atoms with Gasteiger partial charge in [-0.15, -0.1) is 0 Å². The van der Waals surface area contributed by atoms with E-state index in [2.05, 4.69) is 20.3 Å². The Kier molecular flexibility index (Phi) is 8.16. The Labute approximate surface area is 327 Å². The van der Waals surface area contributed by atoms with Crippen LogP contribution in [0.3, 0.4) is 0 Å². The lowest BCUT2D eigenvalue weighted by atomic mass is 9.97. The first kappa shape index (κ1) is 36.0. The second-order valence-corrected chi connectivity index (χ2v) is 13.8. The number of allylic oxidation sites excluding steroid dienone is 3. The smallest absolute Gasteiger partial charge is 0.346 e. The molecule has 2 aliphatic rings. The molecule has 290 valence electrons. The number of hydrogen-bond donors (Lipinski definition) is 1. The van der Waals surface area contributed by atoms with E-state index in [1.54, 1.807) is 97.4 Å². The Morgan fingerprint density at radius 2 is 1.31 bits per heavy atom. The van der Waals surface area contributed by atoms with Crippen LogP contribution >= 0.6 is 0 Å². The van der Waals surface area contributed by atoms with Crippen LogP contribution in [-0.4, -0.2) is 25.3 Å². The molecule has 0 atom stereocenters. The van der Waals surface area contributed by atoms with E-state index >= 15 is 30.7 Å². The molecule has 3 aromatic heterocycles. The summed E-state index contributed by atoms with van der Waals surface area (Å²) in [6, 6.07) is 20.0. The van der Waals surface area contributed by atoms with Crippen molar-refractivity contribution in [1.29, 1.82) is 0 Å². The summed E-state index contributed by atoms with van der Waals surface area (Å²) < 4.78 is 128. The summed E-state index contributed by atoms with van der Waals surface area (Å²) in [7, 11) is 0. The first-order valence-electron chi connectivity index (χ1n) is 18.1. The highest BCUT2D eigenvalue weighted by Gasteiger charge is 2.40. The van der Waals surface area contributed by atoms with Gasteiger partial charge in [-0.3, -0.25) is 0 Å². The molecule has 0 saturated carbocycles.